The molecule has 1 aromatic carbocycles. The van der Waals surface area contributed by atoms with Gasteiger partial charge in [0.05, 0.1) is 0 Å². The largest absolute Gasteiger partial charge is 0.299 e. The number of fused-ring (bicyclic) bond motifs is 4. The van der Waals surface area contributed by atoms with Gasteiger partial charge in [0.15, 0.2) is 0 Å². The summed E-state index contributed by atoms with van der Waals surface area (Å²) in [5.74, 6) is 1.27. The molecule has 1 fully saturated rings. The Morgan fingerprint density at radius 2 is 1.42 bits per heavy atom. The fraction of sp³-hybridized carbons (Fsp3) is 0.611. The van der Waals surface area contributed by atoms with E-state index in [1.54, 1.807) is 0 Å². The van der Waals surface area contributed by atoms with Crippen LogP contribution in [0.1, 0.15) is 80.8 Å². The second-order valence-electron chi connectivity index (χ2n) is 6.19. The van der Waals surface area contributed by atoms with Crippen molar-refractivity contribution in [3.63, 3.8) is 0 Å². The maximum atomic E-state index is 12.5. The van der Waals surface area contributed by atoms with Crippen LogP contribution in [0.25, 0.3) is 0 Å². The van der Waals surface area contributed by atoms with Crippen molar-refractivity contribution in [3.05, 3.63) is 35.4 Å². The molecule has 2 aliphatic carbocycles. The minimum absolute atomic E-state index is 0.232. The molecular weight excluding hydrogens is 232 g/mol. The highest BCUT2D eigenvalue weighted by Crippen LogP contribution is 2.50. The van der Waals surface area contributed by atoms with E-state index in [-0.39, 0.29) is 5.92 Å². The number of Topliss-reactive ketones (excluding diaryl/α,β-unsaturated/α-hetero) is 1. The van der Waals surface area contributed by atoms with Gasteiger partial charge in [0, 0.05) is 12.3 Å². The summed E-state index contributed by atoms with van der Waals surface area (Å²) in [5.41, 5.74) is 2.78. The van der Waals surface area contributed by atoms with Crippen molar-refractivity contribution < 1.29 is 4.79 Å². The monoisotopic (exact) mass is 256 g/mol. The molecule has 0 radical (unpaired) electrons. The van der Waals surface area contributed by atoms with E-state index in [0.717, 1.165) is 12.8 Å². The molecule has 1 heteroatoms. The maximum Gasteiger partial charge on any atom is 0.140 e. The number of benzene rings is 1. The van der Waals surface area contributed by atoms with Crippen LogP contribution in [0.4, 0.5) is 0 Å². The normalized spacial score (nSPS) is 28.3. The van der Waals surface area contributed by atoms with Crippen LogP contribution in [-0.4, -0.2) is 5.78 Å². The fourth-order valence-corrected chi connectivity index (χ4v) is 3.85. The van der Waals surface area contributed by atoms with E-state index in [9.17, 15) is 4.79 Å². The van der Waals surface area contributed by atoms with E-state index < -0.39 is 0 Å². The van der Waals surface area contributed by atoms with Crippen LogP contribution in [0, 0.1) is 0 Å². The SMILES string of the molecule is O=C1CCCCCCCCCC2c3ccccc3C12. The Morgan fingerprint density at radius 1 is 0.789 bits per heavy atom. The van der Waals surface area contributed by atoms with E-state index in [2.05, 4.69) is 24.3 Å². The quantitative estimate of drug-likeness (QED) is 0.641. The summed E-state index contributed by atoms with van der Waals surface area (Å²) in [5, 5.41) is 0. The summed E-state index contributed by atoms with van der Waals surface area (Å²) >= 11 is 0. The molecule has 2 atom stereocenters. The van der Waals surface area contributed by atoms with Crippen LogP contribution in [0.2, 0.25) is 0 Å². The van der Waals surface area contributed by atoms with Crippen LogP contribution in [-0.2, 0) is 4.79 Å². The van der Waals surface area contributed by atoms with Crippen LogP contribution in [0.15, 0.2) is 24.3 Å². The van der Waals surface area contributed by atoms with Crippen LogP contribution >= 0.6 is 0 Å². The van der Waals surface area contributed by atoms with Crippen molar-refractivity contribution in [3.8, 4) is 0 Å². The van der Waals surface area contributed by atoms with Crippen LogP contribution in [0.3, 0.4) is 0 Å². The molecular formula is C18H24O. The molecule has 2 aliphatic rings. The van der Waals surface area contributed by atoms with Gasteiger partial charge in [0.2, 0.25) is 0 Å². The molecule has 3 rings (SSSR count). The highest BCUT2D eigenvalue weighted by molar-refractivity contribution is 5.90. The number of hydrogen-bond donors (Lipinski definition) is 0. The molecule has 0 N–H and O–H groups in total. The van der Waals surface area contributed by atoms with E-state index in [1.165, 1.54) is 56.1 Å². The summed E-state index contributed by atoms with van der Waals surface area (Å²) in [7, 11) is 0. The zero-order valence-electron chi connectivity index (χ0n) is 11.7. The second-order valence-corrected chi connectivity index (χ2v) is 6.19. The van der Waals surface area contributed by atoms with Gasteiger partial charge in [0.25, 0.3) is 0 Å². The van der Waals surface area contributed by atoms with E-state index in [0.29, 0.717) is 11.7 Å². The number of rotatable bonds is 0. The van der Waals surface area contributed by atoms with Gasteiger partial charge < -0.3 is 0 Å². The lowest BCUT2D eigenvalue weighted by atomic mass is 9.63. The molecule has 0 heterocycles. The molecule has 2 unspecified atom stereocenters. The Kier molecular flexibility index (Phi) is 4.00. The van der Waals surface area contributed by atoms with E-state index >= 15 is 0 Å². The van der Waals surface area contributed by atoms with Gasteiger partial charge in [0.1, 0.15) is 5.78 Å². The van der Waals surface area contributed by atoms with Crippen molar-refractivity contribution in [1.82, 2.24) is 0 Å². The van der Waals surface area contributed by atoms with Gasteiger partial charge >= 0.3 is 0 Å². The Morgan fingerprint density at radius 3 is 2.21 bits per heavy atom. The first-order valence-electron chi connectivity index (χ1n) is 7.99. The third kappa shape index (κ3) is 2.61. The van der Waals surface area contributed by atoms with Crippen molar-refractivity contribution in [2.75, 3.05) is 0 Å². The fourth-order valence-electron chi connectivity index (χ4n) is 3.85. The standard InChI is InChI=1S/C18H24O/c19-17-13-7-5-3-1-2-4-6-11-15-14-10-8-9-12-16(14)18(15)17/h8-10,12,15,18H,1-7,11,13H2. The highest BCUT2D eigenvalue weighted by atomic mass is 16.1. The molecule has 0 spiro atoms. The average molecular weight is 256 g/mol. The molecule has 19 heavy (non-hydrogen) atoms. The predicted octanol–water partition coefficient (Wildman–Crippen LogP) is 4.96. The Bertz CT molecular complexity index is 449. The Labute approximate surface area is 116 Å². The lowest BCUT2D eigenvalue weighted by Gasteiger charge is -2.39. The van der Waals surface area contributed by atoms with Crippen molar-refractivity contribution in [2.45, 2.75) is 69.6 Å². The van der Waals surface area contributed by atoms with Crippen molar-refractivity contribution >= 4 is 5.78 Å². The maximum absolute atomic E-state index is 12.5. The smallest absolute Gasteiger partial charge is 0.140 e. The number of ketones is 1. The number of carbonyl (C=O) groups excluding carboxylic acids is 1. The molecule has 0 amide bonds. The third-order valence-corrected chi connectivity index (χ3v) is 4.92. The Hall–Kier alpha value is -1.11. The van der Waals surface area contributed by atoms with Gasteiger partial charge in [-0.1, -0.05) is 62.8 Å². The van der Waals surface area contributed by atoms with E-state index in [1.807, 2.05) is 0 Å². The first kappa shape index (κ1) is 12.9. The highest BCUT2D eigenvalue weighted by Gasteiger charge is 2.40. The molecule has 0 bridgehead atoms. The molecule has 1 nitrogen and oxygen atoms in total. The first-order valence-corrected chi connectivity index (χ1v) is 7.99. The zero-order valence-corrected chi connectivity index (χ0v) is 11.7. The van der Waals surface area contributed by atoms with Gasteiger partial charge in [-0.3, -0.25) is 4.79 Å². The second kappa shape index (κ2) is 5.90. The van der Waals surface area contributed by atoms with Gasteiger partial charge in [-0.25, -0.2) is 0 Å². The first-order chi connectivity index (χ1) is 9.38. The summed E-state index contributed by atoms with van der Waals surface area (Å²) in [6.07, 6.45) is 11.1. The summed E-state index contributed by atoms with van der Waals surface area (Å²) in [4.78, 5) is 12.5. The zero-order chi connectivity index (χ0) is 13.1. The minimum Gasteiger partial charge on any atom is -0.299 e. The van der Waals surface area contributed by atoms with Gasteiger partial charge in [-0.05, 0) is 29.9 Å². The third-order valence-electron chi connectivity index (χ3n) is 4.92. The lowest BCUT2D eigenvalue weighted by molar-refractivity contribution is -0.121. The average Bonchev–Trinajstić information content (AvgIpc) is 2.40. The molecule has 1 aromatic rings. The number of hydrogen-bond acceptors (Lipinski definition) is 1. The van der Waals surface area contributed by atoms with Crippen LogP contribution < -0.4 is 0 Å². The molecule has 0 saturated heterocycles. The predicted molar refractivity (Wildman–Crippen MR) is 78.5 cm³/mol. The lowest BCUT2D eigenvalue weighted by Crippen LogP contribution is -2.31. The molecule has 0 aromatic heterocycles. The Balaban J connectivity index is 1.77. The molecule has 0 aliphatic heterocycles. The topological polar surface area (TPSA) is 17.1 Å². The van der Waals surface area contributed by atoms with Crippen molar-refractivity contribution in [2.24, 2.45) is 0 Å². The number of carbonyl (C=O) groups is 1. The van der Waals surface area contributed by atoms with Gasteiger partial charge in [-0.2, -0.15) is 0 Å². The van der Waals surface area contributed by atoms with Crippen molar-refractivity contribution in [1.29, 1.82) is 0 Å². The summed E-state index contributed by atoms with van der Waals surface area (Å²) < 4.78 is 0. The van der Waals surface area contributed by atoms with E-state index in [4.69, 9.17) is 0 Å². The van der Waals surface area contributed by atoms with Gasteiger partial charge in [-0.15, -0.1) is 0 Å². The summed E-state index contributed by atoms with van der Waals surface area (Å²) in [6, 6.07) is 8.60. The molecule has 102 valence electrons. The van der Waals surface area contributed by atoms with Crippen LogP contribution in [0.5, 0.6) is 0 Å². The minimum atomic E-state index is 0.232. The molecule has 1 saturated carbocycles. The summed E-state index contributed by atoms with van der Waals surface area (Å²) in [6.45, 7) is 0.